The van der Waals surface area contributed by atoms with Gasteiger partial charge in [0.25, 0.3) is 0 Å². The van der Waals surface area contributed by atoms with Crippen molar-refractivity contribution in [1.82, 2.24) is 24.8 Å². The van der Waals surface area contributed by atoms with Crippen LogP contribution >= 0.6 is 0 Å². The Morgan fingerprint density at radius 1 is 0.824 bits per heavy atom. The Hall–Kier alpha value is -3.75. The second-order valence-corrected chi connectivity index (χ2v) is 8.40. The number of benzene rings is 2. The third-order valence-corrected chi connectivity index (χ3v) is 6.07. The summed E-state index contributed by atoms with van der Waals surface area (Å²) >= 11 is 0. The zero-order chi connectivity index (χ0) is 23.2. The number of nitrogens with two attached hydrogens (primary N) is 1. The van der Waals surface area contributed by atoms with Gasteiger partial charge in [-0.25, -0.2) is 0 Å². The molecule has 2 aromatic heterocycles. The largest absolute Gasteiger partial charge is 0.467 e. The average molecular weight is 456 g/mol. The van der Waals surface area contributed by atoms with E-state index < -0.39 is 0 Å². The maximum atomic E-state index is 5.95. The molecule has 1 aliphatic heterocycles. The van der Waals surface area contributed by atoms with Crippen molar-refractivity contribution in [1.29, 1.82) is 0 Å². The van der Waals surface area contributed by atoms with E-state index in [1.54, 1.807) is 6.26 Å². The lowest BCUT2D eigenvalue weighted by Gasteiger charge is -2.39. The molecule has 2 aromatic carbocycles. The molecule has 3 N–H and O–H groups in total. The molecule has 1 aliphatic rings. The number of piperazine rings is 1. The van der Waals surface area contributed by atoms with Gasteiger partial charge in [-0.1, -0.05) is 60.7 Å². The van der Waals surface area contributed by atoms with E-state index >= 15 is 0 Å². The second kappa shape index (κ2) is 10.5. The van der Waals surface area contributed by atoms with Crippen LogP contribution in [0.25, 0.3) is 0 Å². The average Bonchev–Trinajstić information content (AvgIpc) is 3.39. The fourth-order valence-corrected chi connectivity index (χ4v) is 4.43. The molecule has 4 aromatic rings. The Morgan fingerprint density at radius 3 is 2.12 bits per heavy atom. The summed E-state index contributed by atoms with van der Waals surface area (Å²) in [5, 5.41) is 3.16. The van der Waals surface area contributed by atoms with Gasteiger partial charge in [0, 0.05) is 26.2 Å². The number of hydrogen-bond acceptors (Lipinski definition) is 8. The molecule has 1 fully saturated rings. The third kappa shape index (κ3) is 5.41. The molecular weight excluding hydrogens is 426 g/mol. The summed E-state index contributed by atoms with van der Waals surface area (Å²) in [6, 6.07) is 25.5. The van der Waals surface area contributed by atoms with E-state index in [1.165, 1.54) is 11.1 Å². The Kier molecular flexibility index (Phi) is 6.78. The van der Waals surface area contributed by atoms with Gasteiger partial charge in [0.2, 0.25) is 11.9 Å². The summed E-state index contributed by atoms with van der Waals surface area (Å²) in [6.45, 7) is 4.90. The van der Waals surface area contributed by atoms with Crippen LogP contribution in [-0.4, -0.2) is 50.9 Å². The lowest BCUT2D eigenvalue weighted by molar-refractivity contribution is 0.103. The van der Waals surface area contributed by atoms with Gasteiger partial charge in [-0.3, -0.25) is 9.80 Å². The normalized spacial score (nSPS) is 15.0. The van der Waals surface area contributed by atoms with Crippen molar-refractivity contribution in [2.24, 2.45) is 0 Å². The van der Waals surface area contributed by atoms with Gasteiger partial charge in [-0.15, -0.1) is 0 Å². The fourth-order valence-electron chi connectivity index (χ4n) is 4.43. The minimum absolute atomic E-state index is 0.221. The quantitative estimate of drug-likeness (QED) is 0.416. The Labute approximate surface area is 199 Å². The standard InChI is InChI=1S/C26H29N7O/c27-25-29-23(30-26(31-25)28-18-22-12-7-17-34-22)19-32-13-15-33(16-14-32)24(20-8-3-1-4-9-20)21-10-5-2-6-11-21/h1-12,17,24H,13-16,18-19H2,(H3,27,28,29,30,31). The molecule has 0 bridgehead atoms. The van der Waals surface area contributed by atoms with Gasteiger partial charge in [-0.05, 0) is 23.3 Å². The molecule has 3 heterocycles. The van der Waals surface area contributed by atoms with E-state index in [1.807, 2.05) is 12.1 Å². The Morgan fingerprint density at radius 2 is 1.50 bits per heavy atom. The number of nitrogens with one attached hydrogen (secondary N) is 1. The van der Waals surface area contributed by atoms with Crippen molar-refractivity contribution in [3.8, 4) is 0 Å². The zero-order valence-corrected chi connectivity index (χ0v) is 19.0. The highest BCUT2D eigenvalue weighted by Gasteiger charge is 2.26. The highest BCUT2D eigenvalue weighted by atomic mass is 16.3. The summed E-state index contributed by atoms with van der Waals surface area (Å²) in [7, 11) is 0. The molecule has 0 aliphatic carbocycles. The highest BCUT2D eigenvalue weighted by molar-refractivity contribution is 5.33. The van der Waals surface area contributed by atoms with Gasteiger partial charge >= 0.3 is 0 Å². The number of nitrogen functional groups attached to an aromatic ring is 1. The van der Waals surface area contributed by atoms with E-state index in [0.717, 1.165) is 31.9 Å². The first kappa shape index (κ1) is 22.1. The summed E-state index contributed by atoms with van der Waals surface area (Å²) in [5.74, 6) is 2.16. The first-order chi connectivity index (χ1) is 16.7. The summed E-state index contributed by atoms with van der Waals surface area (Å²) in [6.07, 6.45) is 1.64. The lowest BCUT2D eigenvalue weighted by Crippen LogP contribution is -2.47. The van der Waals surface area contributed by atoms with Crippen molar-refractivity contribution >= 4 is 11.9 Å². The smallest absolute Gasteiger partial charge is 0.228 e. The molecule has 8 heteroatoms. The highest BCUT2D eigenvalue weighted by Crippen LogP contribution is 2.29. The van der Waals surface area contributed by atoms with Gasteiger partial charge < -0.3 is 15.5 Å². The SMILES string of the molecule is Nc1nc(CN2CCN(C(c3ccccc3)c3ccccc3)CC2)nc(NCc2ccco2)n1. The van der Waals surface area contributed by atoms with Crippen molar-refractivity contribution in [2.75, 3.05) is 37.2 Å². The Bertz CT molecular complexity index is 1120. The number of furan rings is 1. The third-order valence-electron chi connectivity index (χ3n) is 6.07. The van der Waals surface area contributed by atoms with E-state index in [-0.39, 0.29) is 12.0 Å². The molecule has 174 valence electrons. The molecule has 34 heavy (non-hydrogen) atoms. The first-order valence-corrected chi connectivity index (χ1v) is 11.6. The van der Waals surface area contributed by atoms with Crippen molar-refractivity contribution in [3.05, 3.63) is 102 Å². The molecule has 1 saturated heterocycles. The molecule has 0 amide bonds. The molecule has 0 unspecified atom stereocenters. The molecule has 0 radical (unpaired) electrons. The predicted molar refractivity (Wildman–Crippen MR) is 132 cm³/mol. The molecule has 0 atom stereocenters. The fraction of sp³-hybridized carbons (Fsp3) is 0.269. The maximum absolute atomic E-state index is 5.95. The molecule has 0 saturated carbocycles. The molecule has 5 rings (SSSR count). The van der Waals surface area contributed by atoms with E-state index in [2.05, 4.69) is 90.7 Å². The topological polar surface area (TPSA) is 96.3 Å². The number of hydrogen-bond donors (Lipinski definition) is 2. The van der Waals surface area contributed by atoms with Crippen molar-refractivity contribution < 1.29 is 4.42 Å². The van der Waals surface area contributed by atoms with Gasteiger partial charge in [-0.2, -0.15) is 15.0 Å². The number of aromatic nitrogens is 3. The van der Waals surface area contributed by atoms with Crippen LogP contribution in [0.15, 0.2) is 83.5 Å². The Balaban J connectivity index is 1.23. The first-order valence-electron chi connectivity index (χ1n) is 11.6. The number of nitrogens with zero attached hydrogens (tertiary/aromatic N) is 5. The zero-order valence-electron chi connectivity index (χ0n) is 19.0. The van der Waals surface area contributed by atoms with Gasteiger partial charge in [0.15, 0.2) is 0 Å². The summed E-state index contributed by atoms with van der Waals surface area (Å²) in [5.41, 5.74) is 8.59. The van der Waals surface area contributed by atoms with E-state index in [9.17, 15) is 0 Å². The predicted octanol–water partition coefficient (Wildman–Crippen LogP) is 3.57. The van der Waals surface area contributed by atoms with Crippen LogP contribution in [0.5, 0.6) is 0 Å². The van der Waals surface area contributed by atoms with E-state index in [0.29, 0.717) is 24.9 Å². The maximum Gasteiger partial charge on any atom is 0.228 e. The minimum atomic E-state index is 0.221. The summed E-state index contributed by atoms with van der Waals surface area (Å²) < 4.78 is 5.35. The molecule has 8 nitrogen and oxygen atoms in total. The van der Waals surface area contributed by atoms with Gasteiger partial charge in [0.1, 0.15) is 11.6 Å². The number of rotatable bonds is 8. The van der Waals surface area contributed by atoms with Crippen molar-refractivity contribution in [2.45, 2.75) is 19.1 Å². The van der Waals surface area contributed by atoms with E-state index in [4.69, 9.17) is 10.2 Å². The monoisotopic (exact) mass is 455 g/mol. The van der Waals surface area contributed by atoms with Crippen molar-refractivity contribution in [3.63, 3.8) is 0 Å². The molecular formula is C26H29N7O. The van der Waals surface area contributed by atoms with Gasteiger partial charge in [0.05, 0.1) is 25.4 Å². The van der Waals surface area contributed by atoms with Crippen LogP contribution in [0.1, 0.15) is 28.8 Å². The minimum Gasteiger partial charge on any atom is -0.467 e. The molecule has 0 spiro atoms. The van der Waals surface area contributed by atoms with Crippen LogP contribution < -0.4 is 11.1 Å². The lowest BCUT2D eigenvalue weighted by atomic mass is 9.96. The van der Waals surface area contributed by atoms with Crippen LogP contribution in [0, 0.1) is 0 Å². The van der Waals surface area contributed by atoms with Crippen LogP contribution in [0.3, 0.4) is 0 Å². The van der Waals surface area contributed by atoms with Crippen LogP contribution in [-0.2, 0) is 13.1 Å². The second-order valence-electron chi connectivity index (χ2n) is 8.40. The van der Waals surface area contributed by atoms with Crippen LogP contribution in [0.2, 0.25) is 0 Å². The number of anilines is 2. The summed E-state index contributed by atoms with van der Waals surface area (Å²) in [4.78, 5) is 18.1. The van der Waals surface area contributed by atoms with Crippen LogP contribution in [0.4, 0.5) is 11.9 Å².